The molecule has 0 spiro atoms. The quantitative estimate of drug-likeness (QED) is 0.520. The van der Waals surface area contributed by atoms with E-state index in [4.69, 9.17) is 4.74 Å². The van der Waals surface area contributed by atoms with Crippen molar-refractivity contribution in [3.8, 4) is 17.2 Å². The van der Waals surface area contributed by atoms with Crippen LogP contribution in [0.25, 0.3) is 11.1 Å². The summed E-state index contributed by atoms with van der Waals surface area (Å²) in [5, 5.41) is 10.4. The number of carbonyl (C=O) groups is 1. The second kappa shape index (κ2) is 9.53. The van der Waals surface area contributed by atoms with Gasteiger partial charge in [0.15, 0.2) is 9.84 Å². The van der Waals surface area contributed by atoms with Gasteiger partial charge in [-0.25, -0.2) is 8.42 Å². The number of hydrogen-bond acceptors (Lipinski definition) is 6. The number of carbonyl (C=O) groups excluding carboxylic acids is 1. The summed E-state index contributed by atoms with van der Waals surface area (Å²) in [6.45, 7) is 0. The van der Waals surface area contributed by atoms with Crippen LogP contribution in [0.1, 0.15) is 36.9 Å². The van der Waals surface area contributed by atoms with E-state index in [0.717, 1.165) is 18.3 Å². The number of halogens is 6. The van der Waals surface area contributed by atoms with Crippen LogP contribution in [0.4, 0.5) is 26.3 Å². The van der Waals surface area contributed by atoms with Crippen molar-refractivity contribution in [1.29, 1.82) is 5.26 Å². The van der Waals surface area contributed by atoms with E-state index < -0.39 is 67.1 Å². The number of alkyl halides is 6. The Labute approximate surface area is 213 Å². The number of aromatic nitrogens is 1. The molecule has 1 N–H and O–H groups in total. The van der Waals surface area contributed by atoms with Gasteiger partial charge in [0.1, 0.15) is 11.2 Å². The number of nitrogens with zero attached hydrogens (tertiary/aromatic N) is 2. The van der Waals surface area contributed by atoms with Gasteiger partial charge in [0, 0.05) is 13.3 Å². The monoisotopic (exact) mass is 561 g/mol. The topological polar surface area (TPSA) is 109 Å². The summed E-state index contributed by atoms with van der Waals surface area (Å²) in [6.07, 6.45) is -9.81. The number of amides is 1. The molecule has 3 unspecified atom stereocenters. The zero-order valence-corrected chi connectivity index (χ0v) is 20.5. The molecular formula is C24H21F6N3O4S. The second-order valence-corrected chi connectivity index (χ2v) is 11.5. The van der Waals surface area contributed by atoms with Crippen molar-refractivity contribution in [1.82, 2.24) is 10.3 Å². The molecule has 1 amide bonds. The molecule has 3 atom stereocenters. The molecule has 7 nitrogen and oxygen atoms in total. The number of nitrogens with one attached hydrogen (secondary N) is 1. The first-order valence-electron chi connectivity index (χ1n) is 11.4. The van der Waals surface area contributed by atoms with E-state index in [-0.39, 0.29) is 24.0 Å². The van der Waals surface area contributed by atoms with Gasteiger partial charge in [-0.1, -0.05) is 6.07 Å². The Bertz CT molecular complexity index is 1400. The Morgan fingerprint density at radius 3 is 2.29 bits per heavy atom. The molecule has 2 aliphatic carbocycles. The van der Waals surface area contributed by atoms with Crippen molar-refractivity contribution in [3.63, 3.8) is 0 Å². The number of methoxy groups -OCH3 is 1. The normalized spacial score (nSPS) is 23.1. The third-order valence-corrected chi connectivity index (χ3v) is 9.07. The predicted molar refractivity (Wildman–Crippen MR) is 120 cm³/mol. The van der Waals surface area contributed by atoms with Crippen molar-refractivity contribution in [3.05, 3.63) is 47.8 Å². The summed E-state index contributed by atoms with van der Waals surface area (Å²) in [5.41, 5.74) is -4.39. The first-order chi connectivity index (χ1) is 17.6. The maximum absolute atomic E-state index is 14.0. The van der Waals surface area contributed by atoms with Crippen molar-refractivity contribution in [2.45, 2.75) is 59.8 Å². The third-order valence-electron chi connectivity index (χ3n) is 6.84. The van der Waals surface area contributed by atoms with E-state index >= 15 is 0 Å². The number of ether oxygens (including phenoxy) is 1. The SMILES string of the molecule is COC1CC(S(=O)(=O)c2ccc(-c3ccnc(C(F)(F)F)c3)cc2C(F)(F)F)CC1C(=O)NC1(C#N)CC1. The zero-order chi connectivity index (χ0) is 28.1. The molecule has 14 heteroatoms. The fourth-order valence-corrected chi connectivity index (χ4v) is 6.59. The molecule has 2 aliphatic rings. The summed E-state index contributed by atoms with van der Waals surface area (Å²) in [4.78, 5) is 14.9. The lowest BCUT2D eigenvalue weighted by Crippen LogP contribution is -2.42. The van der Waals surface area contributed by atoms with Gasteiger partial charge in [0.2, 0.25) is 5.91 Å². The van der Waals surface area contributed by atoms with Gasteiger partial charge >= 0.3 is 12.4 Å². The highest BCUT2D eigenvalue weighted by molar-refractivity contribution is 7.92. The standard InChI is InChI=1S/C24H21F6N3O4S/c1-37-18-11-15(10-16(18)21(34)33-22(12-31)5-6-22)38(35,36)19-3-2-13(8-17(19)23(25,26)27)14-4-7-32-20(9-14)24(28,29)30/h2-4,7-9,15-16,18H,5-6,10-11H2,1H3,(H,33,34). The lowest BCUT2D eigenvalue weighted by atomic mass is 10.0. The first kappa shape index (κ1) is 27.8. The highest BCUT2D eigenvalue weighted by Crippen LogP contribution is 2.43. The molecule has 1 aromatic carbocycles. The van der Waals surface area contributed by atoms with E-state index in [0.29, 0.717) is 31.0 Å². The van der Waals surface area contributed by atoms with E-state index in [1.54, 1.807) is 0 Å². The van der Waals surface area contributed by atoms with E-state index in [2.05, 4.69) is 10.3 Å². The van der Waals surface area contributed by atoms with Crippen molar-refractivity contribution < 1.29 is 44.3 Å². The highest BCUT2D eigenvalue weighted by Gasteiger charge is 2.51. The summed E-state index contributed by atoms with van der Waals surface area (Å²) in [5.74, 6) is -1.62. The molecule has 2 saturated carbocycles. The van der Waals surface area contributed by atoms with Crippen molar-refractivity contribution in [2.24, 2.45) is 5.92 Å². The van der Waals surface area contributed by atoms with Gasteiger partial charge in [0.05, 0.1) is 33.8 Å². The maximum atomic E-state index is 14.0. The molecule has 1 heterocycles. The Morgan fingerprint density at radius 2 is 1.74 bits per heavy atom. The maximum Gasteiger partial charge on any atom is 0.433 e. The molecule has 4 rings (SSSR count). The summed E-state index contributed by atoms with van der Waals surface area (Å²) >= 11 is 0. The van der Waals surface area contributed by atoms with Crippen LogP contribution < -0.4 is 5.32 Å². The summed E-state index contributed by atoms with van der Waals surface area (Å²) < 4.78 is 113. The van der Waals surface area contributed by atoms with Crippen LogP contribution in [-0.2, 0) is 31.7 Å². The average molecular weight is 562 g/mol. The second-order valence-electron chi connectivity index (χ2n) is 9.34. The van der Waals surface area contributed by atoms with E-state index in [9.17, 15) is 44.8 Å². The predicted octanol–water partition coefficient (Wildman–Crippen LogP) is 4.53. The zero-order valence-electron chi connectivity index (χ0n) is 19.7. The molecular weight excluding hydrogens is 540 g/mol. The van der Waals surface area contributed by atoms with Gasteiger partial charge < -0.3 is 10.1 Å². The fourth-order valence-electron chi connectivity index (χ4n) is 4.59. The first-order valence-corrected chi connectivity index (χ1v) is 12.9. The van der Waals surface area contributed by atoms with E-state index in [1.165, 1.54) is 7.11 Å². The molecule has 0 saturated heterocycles. The summed E-state index contributed by atoms with van der Waals surface area (Å²) in [7, 11) is -3.42. The number of sulfone groups is 1. The minimum absolute atomic E-state index is 0.231. The van der Waals surface area contributed by atoms with Gasteiger partial charge in [-0.3, -0.25) is 9.78 Å². The fraction of sp³-hybridized carbons (Fsp3) is 0.458. The average Bonchev–Trinajstić information content (AvgIpc) is 3.48. The molecule has 2 fully saturated rings. The largest absolute Gasteiger partial charge is 0.433 e. The Hall–Kier alpha value is -3.18. The molecule has 1 aromatic heterocycles. The smallest absolute Gasteiger partial charge is 0.381 e. The highest BCUT2D eigenvalue weighted by atomic mass is 32.2. The minimum Gasteiger partial charge on any atom is -0.381 e. The van der Waals surface area contributed by atoms with Crippen molar-refractivity contribution in [2.75, 3.05) is 7.11 Å². The molecule has 0 bridgehead atoms. The van der Waals surface area contributed by atoms with Crippen LogP contribution in [0.5, 0.6) is 0 Å². The number of benzene rings is 1. The number of pyridine rings is 1. The Kier molecular flexibility index (Phi) is 6.98. The van der Waals surface area contributed by atoms with Crippen LogP contribution in [0.2, 0.25) is 0 Å². The van der Waals surface area contributed by atoms with Crippen LogP contribution >= 0.6 is 0 Å². The van der Waals surface area contributed by atoms with Crippen molar-refractivity contribution >= 4 is 15.7 Å². The lowest BCUT2D eigenvalue weighted by molar-refractivity contribution is -0.141. The third kappa shape index (κ3) is 5.35. The van der Waals surface area contributed by atoms with E-state index in [1.807, 2.05) is 6.07 Å². The van der Waals surface area contributed by atoms with Gasteiger partial charge in [-0.2, -0.15) is 31.6 Å². The van der Waals surface area contributed by atoms with Crippen LogP contribution in [0.15, 0.2) is 41.4 Å². The van der Waals surface area contributed by atoms with Crippen LogP contribution in [0.3, 0.4) is 0 Å². The van der Waals surface area contributed by atoms with Gasteiger partial charge in [0.25, 0.3) is 0 Å². The molecule has 204 valence electrons. The Morgan fingerprint density at radius 1 is 1.08 bits per heavy atom. The summed E-state index contributed by atoms with van der Waals surface area (Å²) in [6, 6.07) is 5.82. The van der Waals surface area contributed by atoms with Gasteiger partial charge in [-0.05, 0) is 61.1 Å². The molecule has 0 aliphatic heterocycles. The minimum atomic E-state index is -5.15. The Balaban J connectivity index is 1.68. The number of nitriles is 1. The number of hydrogen-bond donors (Lipinski definition) is 1. The van der Waals surface area contributed by atoms with Gasteiger partial charge in [-0.15, -0.1) is 0 Å². The molecule has 38 heavy (non-hydrogen) atoms. The number of rotatable bonds is 6. The van der Waals surface area contributed by atoms with Crippen LogP contribution in [0, 0.1) is 17.2 Å². The lowest BCUT2D eigenvalue weighted by Gasteiger charge is -2.19. The van der Waals surface area contributed by atoms with Crippen LogP contribution in [-0.4, -0.2) is 43.3 Å². The molecule has 2 aromatic rings. The molecule has 0 radical (unpaired) electrons.